The molecule has 3 aromatic rings. The number of nitrogens with zero attached hydrogens (tertiary/aromatic N) is 3. The number of hydrogen-bond acceptors (Lipinski definition) is 4. The fourth-order valence-corrected chi connectivity index (χ4v) is 2.58. The minimum absolute atomic E-state index is 0.151. The van der Waals surface area contributed by atoms with E-state index < -0.39 is 0 Å². The summed E-state index contributed by atoms with van der Waals surface area (Å²) in [6.07, 6.45) is 8.52. The quantitative estimate of drug-likeness (QED) is 0.568. The lowest BCUT2D eigenvalue weighted by Crippen LogP contribution is -2.06. The monoisotopic (exact) mass is 346 g/mol. The Morgan fingerprint density at radius 2 is 1.92 bits per heavy atom. The molecule has 0 aliphatic heterocycles. The highest BCUT2D eigenvalue weighted by Crippen LogP contribution is 2.22. The first-order valence-corrected chi connectivity index (χ1v) is 8.07. The van der Waals surface area contributed by atoms with Gasteiger partial charge in [0.2, 0.25) is 5.91 Å². The maximum absolute atomic E-state index is 12.5. The number of carbonyl (C=O) groups excluding carboxylic acids is 2. The lowest BCUT2D eigenvalue weighted by Gasteiger charge is -2.03. The molecule has 0 aliphatic carbocycles. The Morgan fingerprint density at radius 3 is 2.65 bits per heavy atom. The number of nitrogens with one attached hydrogen (secondary N) is 1. The first-order valence-electron chi connectivity index (χ1n) is 8.07. The smallest absolute Gasteiger partial charge is 0.221 e. The Kier molecular flexibility index (Phi) is 5.03. The number of pyridine rings is 1. The van der Waals surface area contributed by atoms with Crippen molar-refractivity contribution >= 4 is 23.5 Å². The number of ketones is 1. The molecule has 1 amide bonds. The SMILES string of the molecule is CC(=O)Nc1cccc(C(=O)/C=C/c2cn(C)nc2-c2ccncc2)c1. The molecule has 2 aromatic heterocycles. The molecule has 6 nitrogen and oxygen atoms in total. The van der Waals surface area contributed by atoms with E-state index in [9.17, 15) is 9.59 Å². The number of hydrogen-bond donors (Lipinski definition) is 1. The Hall–Kier alpha value is -3.54. The summed E-state index contributed by atoms with van der Waals surface area (Å²) in [5.41, 5.74) is 3.65. The Bertz CT molecular complexity index is 974. The molecule has 0 bridgehead atoms. The molecule has 0 radical (unpaired) electrons. The van der Waals surface area contributed by atoms with Crippen molar-refractivity contribution in [1.82, 2.24) is 14.8 Å². The third-order valence-electron chi connectivity index (χ3n) is 3.69. The topological polar surface area (TPSA) is 76.9 Å². The molecule has 1 aromatic carbocycles. The third-order valence-corrected chi connectivity index (χ3v) is 3.69. The molecule has 3 rings (SSSR count). The lowest BCUT2D eigenvalue weighted by molar-refractivity contribution is -0.114. The van der Waals surface area contributed by atoms with Crippen LogP contribution in [0.4, 0.5) is 5.69 Å². The molecule has 0 unspecified atom stereocenters. The Labute approximate surface area is 151 Å². The molecule has 0 saturated heterocycles. The van der Waals surface area contributed by atoms with Gasteiger partial charge in [-0.25, -0.2) is 0 Å². The predicted molar refractivity (Wildman–Crippen MR) is 101 cm³/mol. The van der Waals surface area contributed by atoms with Crippen LogP contribution in [0.2, 0.25) is 0 Å². The second-order valence-corrected chi connectivity index (χ2v) is 5.80. The normalized spacial score (nSPS) is 10.8. The maximum atomic E-state index is 12.5. The van der Waals surface area contributed by atoms with Crippen LogP contribution in [-0.2, 0) is 11.8 Å². The van der Waals surface area contributed by atoms with Crippen LogP contribution in [0.15, 0.2) is 61.1 Å². The summed E-state index contributed by atoms with van der Waals surface area (Å²) in [6.45, 7) is 1.43. The van der Waals surface area contributed by atoms with Gasteiger partial charge in [-0.05, 0) is 36.4 Å². The molecule has 2 heterocycles. The van der Waals surface area contributed by atoms with Gasteiger partial charge in [0.1, 0.15) is 0 Å². The molecular formula is C20H18N4O2. The van der Waals surface area contributed by atoms with Gasteiger partial charge >= 0.3 is 0 Å². The first-order chi connectivity index (χ1) is 12.5. The highest BCUT2D eigenvalue weighted by Gasteiger charge is 2.09. The minimum Gasteiger partial charge on any atom is -0.326 e. The zero-order valence-corrected chi connectivity index (χ0v) is 14.5. The molecule has 0 fully saturated rings. The van der Waals surface area contributed by atoms with Crippen LogP contribution in [0.5, 0.6) is 0 Å². The molecule has 26 heavy (non-hydrogen) atoms. The molecule has 6 heteroatoms. The van der Waals surface area contributed by atoms with Crippen molar-refractivity contribution in [3.63, 3.8) is 0 Å². The zero-order valence-electron chi connectivity index (χ0n) is 14.5. The van der Waals surface area contributed by atoms with E-state index in [0.717, 1.165) is 16.8 Å². The van der Waals surface area contributed by atoms with E-state index in [1.54, 1.807) is 47.4 Å². The van der Waals surface area contributed by atoms with Crippen LogP contribution >= 0.6 is 0 Å². The summed E-state index contributed by atoms with van der Waals surface area (Å²) in [7, 11) is 1.83. The van der Waals surface area contributed by atoms with E-state index in [-0.39, 0.29) is 11.7 Å². The molecule has 1 N–H and O–H groups in total. The highest BCUT2D eigenvalue weighted by molar-refractivity contribution is 6.08. The summed E-state index contributed by atoms with van der Waals surface area (Å²) in [5.74, 6) is -0.329. The van der Waals surface area contributed by atoms with E-state index in [0.29, 0.717) is 11.3 Å². The largest absolute Gasteiger partial charge is 0.326 e. The van der Waals surface area contributed by atoms with Crippen molar-refractivity contribution in [2.75, 3.05) is 5.32 Å². The van der Waals surface area contributed by atoms with Crippen molar-refractivity contribution in [2.45, 2.75) is 6.92 Å². The number of anilines is 1. The van der Waals surface area contributed by atoms with Gasteiger partial charge in [-0.3, -0.25) is 19.3 Å². The van der Waals surface area contributed by atoms with Crippen LogP contribution in [0.1, 0.15) is 22.8 Å². The van der Waals surface area contributed by atoms with Gasteiger partial charge in [0.05, 0.1) is 5.69 Å². The maximum Gasteiger partial charge on any atom is 0.221 e. The number of benzene rings is 1. The fraction of sp³-hybridized carbons (Fsp3) is 0.100. The van der Waals surface area contributed by atoms with Gasteiger partial charge in [0, 0.05) is 54.9 Å². The average molecular weight is 346 g/mol. The molecule has 0 saturated carbocycles. The number of aromatic nitrogens is 3. The lowest BCUT2D eigenvalue weighted by atomic mass is 10.1. The second kappa shape index (κ2) is 7.57. The molecular weight excluding hydrogens is 328 g/mol. The van der Waals surface area contributed by atoms with Crippen LogP contribution in [-0.4, -0.2) is 26.5 Å². The second-order valence-electron chi connectivity index (χ2n) is 5.80. The number of allylic oxidation sites excluding steroid dienone is 1. The Balaban J connectivity index is 1.85. The predicted octanol–water partition coefficient (Wildman–Crippen LogP) is 3.34. The van der Waals surface area contributed by atoms with Crippen LogP contribution < -0.4 is 5.32 Å². The van der Waals surface area contributed by atoms with E-state index in [1.807, 2.05) is 25.4 Å². The van der Waals surface area contributed by atoms with Crippen molar-refractivity contribution in [2.24, 2.45) is 7.05 Å². The minimum atomic E-state index is -0.178. The zero-order chi connectivity index (χ0) is 18.5. The van der Waals surface area contributed by atoms with Gasteiger partial charge < -0.3 is 5.32 Å². The van der Waals surface area contributed by atoms with Crippen molar-refractivity contribution in [1.29, 1.82) is 0 Å². The summed E-state index contributed by atoms with van der Waals surface area (Å²) in [4.78, 5) is 27.6. The van der Waals surface area contributed by atoms with Crippen molar-refractivity contribution < 1.29 is 9.59 Å². The van der Waals surface area contributed by atoms with Gasteiger partial charge in [-0.15, -0.1) is 0 Å². The van der Waals surface area contributed by atoms with Crippen molar-refractivity contribution in [3.8, 4) is 11.3 Å². The fourth-order valence-electron chi connectivity index (χ4n) is 2.58. The molecule has 0 atom stereocenters. The number of carbonyl (C=O) groups is 2. The number of amides is 1. The van der Waals surface area contributed by atoms with E-state index in [4.69, 9.17) is 0 Å². The summed E-state index contributed by atoms with van der Waals surface area (Å²) < 4.78 is 1.71. The van der Waals surface area contributed by atoms with Gasteiger partial charge in [0.15, 0.2) is 5.78 Å². The van der Waals surface area contributed by atoms with Crippen LogP contribution in [0.25, 0.3) is 17.3 Å². The van der Waals surface area contributed by atoms with Crippen molar-refractivity contribution in [3.05, 3.63) is 72.2 Å². The summed E-state index contributed by atoms with van der Waals surface area (Å²) in [5, 5.41) is 7.13. The van der Waals surface area contributed by atoms with E-state index >= 15 is 0 Å². The van der Waals surface area contributed by atoms with Gasteiger partial charge in [0.25, 0.3) is 0 Å². The summed E-state index contributed by atoms with van der Waals surface area (Å²) >= 11 is 0. The molecule has 0 spiro atoms. The third kappa shape index (κ3) is 4.10. The Morgan fingerprint density at radius 1 is 1.15 bits per heavy atom. The molecule has 0 aliphatic rings. The average Bonchev–Trinajstić information content (AvgIpc) is 3.01. The number of aryl methyl sites for hydroxylation is 1. The first kappa shape index (κ1) is 17.3. The van der Waals surface area contributed by atoms with Gasteiger partial charge in [-0.2, -0.15) is 5.10 Å². The number of rotatable bonds is 5. The molecule has 130 valence electrons. The van der Waals surface area contributed by atoms with Crippen LogP contribution in [0, 0.1) is 0 Å². The van der Waals surface area contributed by atoms with Crippen LogP contribution in [0.3, 0.4) is 0 Å². The van der Waals surface area contributed by atoms with E-state index in [2.05, 4.69) is 15.4 Å². The van der Waals surface area contributed by atoms with E-state index in [1.165, 1.54) is 13.0 Å². The van der Waals surface area contributed by atoms with Gasteiger partial charge in [-0.1, -0.05) is 12.1 Å². The standard InChI is InChI=1S/C20H18N4O2/c1-14(25)22-18-5-3-4-16(12-18)19(26)7-6-17-13-24(2)23-20(17)15-8-10-21-11-9-15/h3-13H,1-2H3,(H,22,25)/b7-6+. The highest BCUT2D eigenvalue weighted by atomic mass is 16.1. The summed E-state index contributed by atoms with van der Waals surface area (Å²) in [6, 6.07) is 10.6.